The van der Waals surface area contributed by atoms with Crippen LogP contribution in [0.15, 0.2) is 12.2 Å². The maximum absolute atomic E-state index is 8.99. The Bertz CT molecular complexity index is 96.6. The van der Waals surface area contributed by atoms with Crippen molar-refractivity contribution in [3.63, 3.8) is 0 Å². The van der Waals surface area contributed by atoms with Crippen LogP contribution in [0, 0.1) is 5.92 Å². The summed E-state index contributed by atoms with van der Waals surface area (Å²) in [6, 6.07) is 0. The van der Waals surface area contributed by atoms with E-state index in [1.54, 1.807) is 0 Å². The van der Waals surface area contributed by atoms with E-state index in [4.69, 9.17) is 5.11 Å². The summed E-state index contributed by atoms with van der Waals surface area (Å²) in [4.78, 5) is 0. The van der Waals surface area contributed by atoms with Gasteiger partial charge < -0.3 is 5.11 Å². The van der Waals surface area contributed by atoms with Crippen molar-refractivity contribution < 1.29 is 5.11 Å². The van der Waals surface area contributed by atoms with Crippen LogP contribution < -0.4 is 0 Å². The number of aliphatic hydroxyl groups is 1. The van der Waals surface area contributed by atoms with Gasteiger partial charge in [0.25, 0.3) is 0 Å². The van der Waals surface area contributed by atoms with E-state index in [1.807, 2.05) is 6.08 Å². The number of hydrogen-bond donors (Lipinski definition) is 1. The van der Waals surface area contributed by atoms with Gasteiger partial charge in [-0.2, -0.15) is 0 Å². The third kappa shape index (κ3) is 1.34. The molecule has 0 saturated carbocycles. The molecule has 0 spiro atoms. The van der Waals surface area contributed by atoms with E-state index < -0.39 is 0 Å². The molecule has 0 aromatic rings. The predicted molar refractivity (Wildman–Crippen MR) is 33.5 cm³/mol. The number of hydrogen-bond acceptors (Lipinski definition) is 1. The fourth-order valence-electron chi connectivity index (χ4n) is 1.06. The molecule has 0 aliphatic heterocycles. The first-order valence-corrected chi connectivity index (χ1v) is 3.14. The van der Waals surface area contributed by atoms with Crippen molar-refractivity contribution in [1.82, 2.24) is 0 Å². The van der Waals surface area contributed by atoms with Crippen molar-refractivity contribution in [1.29, 1.82) is 0 Å². The van der Waals surface area contributed by atoms with E-state index in [2.05, 4.69) is 13.0 Å². The predicted octanol–water partition coefficient (Wildman–Crippen LogP) is 1.33. The summed E-state index contributed by atoms with van der Waals surface area (Å²) in [5.74, 6) is 0.676. The normalized spacial score (nSPS) is 37.8. The molecule has 1 heteroatoms. The van der Waals surface area contributed by atoms with E-state index in [9.17, 15) is 0 Å². The number of allylic oxidation sites excluding steroid dienone is 1. The van der Waals surface area contributed by atoms with Crippen LogP contribution in [0.1, 0.15) is 19.8 Å². The van der Waals surface area contributed by atoms with Crippen molar-refractivity contribution >= 4 is 0 Å². The molecule has 0 radical (unpaired) electrons. The first kappa shape index (κ1) is 5.83. The van der Waals surface area contributed by atoms with Gasteiger partial charge in [0.1, 0.15) is 0 Å². The summed E-state index contributed by atoms with van der Waals surface area (Å²) in [6.07, 6.45) is 5.84. The van der Waals surface area contributed by atoms with Crippen LogP contribution in [-0.4, -0.2) is 11.2 Å². The largest absolute Gasteiger partial charge is 0.389 e. The summed E-state index contributed by atoms with van der Waals surface area (Å²) >= 11 is 0. The summed E-state index contributed by atoms with van der Waals surface area (Å²) in [6.45, 7) is 2.16. The van der Waals surface area contributed by atoms with Gasteiger partial charge in [0, 0.05) is 0 Å². The van der Waals surface area contributed by atoms with Gasteiger partial charge in [0.2, 0.25) is 0 Å². The van der Waals surface area contributed by atoms with E-state index in [0.717, 1.165) is 12.8 Å². The van der Waals surface area contributed by atoms with Crippen molar-refractivity contribution in [2.45, 2.75) is 25.9 Å². The van der Waals surface area contributed by atoms with Crippen LogP contribution in [0.3, 0.4) is 0 Å². The van der Waals surface area contributed by atoms with Gasteiger partial charge in [-0.25, -0.2) is 0 Å². The van der Waals surface area contributed by atoms with Crippen molar-refractivity contribution in [3.8, 4) is 0 Å². The molecule has 46 valence electrons. The number of rotatable bonds is 0. The Balaban J connectivity index is 2.42. The van der Waals surface area contributed by atoms with Gasteiger partial charge in [0.05, 0.1) is 6.10 Å². The quantitative estimate of drug-likeness (QED) is 0.469. The van der Waals surface area contributed by atoms with Gasteiger partial charge in [-0.3, -0.25) is 0 Å². The maximum atomic E-state index is 8.99. The smallest absolute Gasteiger partial charge is 0.0723 e. The highest BCUT2D eigenvalue weighted by molar-refractivity contribution is 4.95. The summed E-state index contributed by atoms with van der Waals surface area (Å²) in [7, 11) is 0. The lowest BCUT2D eigenvalue weighted by molar-refractivity contribution is 0.183. The molecule has 1 aliphatic carbocycles. The minimum Gasteiger partial charge on any atom is -0.389 e. The molecule has 1 unspecified atom stereocenters. The maximum Gasteiger partial charge on any atom is 0.0723 e. The Kier molecular flexibility index (Phi) is 1.69. The molecule has 1 rings (SSSR count). The molecule has 0 bridgehead atoms. The zero-order valence-electron chi connectivity index (χ0n) is 5.17. The molecule has 0 fully saturated rings. The average molecular weight is 112 g/mol. The zero-order chi connectivity index (χ0) is 5.98. The topological polar surface area (TPSA) is 20.2 Å². The van der Waals surface area contributed by atoms with Gasteiger partial charge in [-0.15, -0.1) is 0 Å². The second kappa shape index (κ2) is 2.31. The first-order chi connectivity index (χ1) is 3.79. The van der Waals surface area contributed by atoms with Crippen LogP contribution in [0.25, 0.3) is 0 Å². The van der Waals surface area contributed by atoms with Crippen LogP contribution in [0.4, 0.5) is 0 Å². The molecule has 1 aliphatic rings. The molecule has 0 amide bonds. The Hall–Kier alpha value is -0.300. The summed E-state index contributed by atoms with van der Waals surface area (Å²) in [5.41, 5.74) is 0. The molecule has 0 saturated heterocycles. The Labute approximate surface area is 50.0 Å². The van der Waals surface area contributed by atoms with Crippen molar-refractivity contribution in [2.75, 3.05) is 0 Å². The second-order valence-corrected chi connectivity index (χ2v) is 2.57. The van der Waals surface area contributed by atoms with Gasteiger partial charge in [-0.05, 0) is 18.8 Å². The van der Waals surface area contributed by atoms with E-state index in [0.29, 0.717) is 5.92 Å². The van der Waals surface area contributed by atoms with Crippen LogP contribution in [-0.2, 0) is 0 Å². The third-order valence-electron chi connectivity index (χ3n) is 1.54. The lowest BCUT2D eigenvalue weighted by Gasteiger charge is -2.16. The van der Waals surface area contributed by atoms with Crippen LogP contribution in [0.5, 0.6) is 0 Å². The van der Waals surface area contributed by atoms with Crippen molar-refractivity contribution in [3.05, 3.63) is 12.2 Å². The third-order valence-corrected chi connectivity index (χ3v) is 1.54. The fourth-order valence-corrected chi connectivity index (χ4v) is 1.06. The highest BCUT2D eigenvalue weighted by atomic mass is 16.3. The molecule has 1 N–H and O–H groups in total. The van der Waals surface area contributed by atoms with Gasteiger partial charge in [0.15, 0.2) is 0 Å². The van der Waals surface area contributed by atoms with E-state index in [1.165, 1.54) is 0 Å². The Morgan fingerprint density at radius 3 is 2.75 bits per heavy atom. The molecule has 1 nitrogen and oxygen atoms in total. The standard InChI is InChI=1S/C7H12O/c1-6-3-2-4-7(8)5-6/h2,4,6-8H,3,5H2,1H3/t6-,7?/m1/s1. The van der Waals surface area contributed by atoms with Crippen LogP contribution in [0.2, 0.25) is 0 Å². The Morgan fingerprint density at radius 2 is 2.38 bits per heavy atom. The molecular weight excluding hydrogens is 100 g/mol. The summed E-state index contributed by atoms with van der Waals surface area (Å²) in [5, 5.41) is 8.99. The molecule has 0 aromatic heterocycles. The Morgan fingerprint density at radius 1 is 1.62 bits per heavy atom. The fraction of sp³-hybridized carbons (Fsp3) is 0.714. The highest BCUT2D eigenvalue weighted by Crippen LogP contribution is 2.16. The molecular formula is C7H12O. The molecule has 0 heterocycles. The lowest BCUT2D eigenvalue weighted by atomic mass is 9.95. The van der Waals surface area contributed by atoms with Gasteiger partial charge in [-0.1, -0.05) is 19.1 Å². The highest BCUT2D eigenvalue weighted by Gasteiger charge is 2.09. The van der Waals surface area contributed by atoms with Gasteiger partial charge >= 0.3 is 0 Å². The van der Waals surface area contributed by atoms with E-state index >= 15 is 0 Å². The van der Waals surface area contributed by atoms with Crippen molar-refractivity contribution in [2.24, 2.45) is 5.92 Å². The minimum atomic E-state index is -0.168. The zero-order valence-corrected chi connectivity index (χ0v) is 5.17. The number of aliphatic hydroxyl groups excluding tert-OH is 1. The molecule has 8 heavy (non-hydrogen) atoms. The first-order valence-electron chi connectivity index (χ1n) is 3.14. The average Bonchev–Trinajstić information content (AvgIpc) is 1.64. The summed E-state index contributed by atoms with van der Waals surface area (Å²) < 4.78 is 0. The SMILES string of the molecule is C[C@@H]1CC=CC(O)C1. The van der Waals surface area contributed by atoms with Crippen LogP contribution >= 0.6 is 0 Å². The minimum absolute atomic E-state index is 0.168. The van der Waals surface area contributed by atoms with E-state index in [-0.39, 0.29) is 6.10 Å². The lowest BCUT2D eigenvalue weighted by Crippen LogP contribution is -2.11. The second-order valence-electron chi connectivity index (χ2n) is 2.57. The monoisotopic (exact) mass is 112 g/mol. The molecule has 2 atom stereocenters. The molecule has 0 aromatic carbocycles.